The summed E-state index contributed by atoms with van der Waals surface area (Å²) < 4.78 is 0. The zero-order valence-corrected chi connectivity index (χ0v) is 9.63. The van der Waals surface area contributed by atoms with Crippen molar-refractivity contribution in [2.75, 3.05) is 6.54 Å². The number of nitrogens with one attached hydrogen (secondary N) is 2. The summed E-state index contributed by atoms with van der Waals surface area (Å²) in [5.41, 5.74) is 0.987. The van der Waals surface area contributed by atoms with Crippen molar-refractivity contribution >= 4 is 17.5 Å². The summed E-state index contributed by atoms with van der Waals surface area (Å²) in [6.07, 6.45) is 3.15. The van der Waals surface area contributed by atoms with Gasteiger partial charge in [-0.25, -0.2) is 4.98 Å². The average Bonchev–Trinajstić information content (AvgIpc) is 2.30. The van der Waals surface area contributed by atoms with Crippen LogP contribution in [-0.4, -0.2) is 23.5 Å². The zero-order chi connectivity index (χ0) is 11.4. The van der Waals surface area contributed by atoms with Gasteiger partial charge in [-0.1, -0.05) is 17.7 Å². The quantitative estimate of drug-likeness (QED) is 0.777. The lowest BCUT2D eigenvalue weighted by Gasteiger charge is -2.23. The third kappa shape index (κ3) is 2.93. The molecule has 1 aromatic rings. The van der Waals surface area contributed by atoms with Gasteiger partial charge in [0.05, 0.1) is 0 Å². The molecule has 2 heterocycles. The van der Waals surface area contributed by atoms with Gasteiger partial charge in [0, 0.05) is 37.3 Å². The van der Waals surface area contributed by atoms with Crippen molar-refractivity contribution in [1.82, 2.24) is 15.6 Å². The summed E-state index contributed by atoms with van der Waals surface area (Å²) in [6, 6.07) is 4.14. The number of carbonyl (C=O) groups is 1. The highest BCUT2D eigenvalue weighted by atomic mass is 35.5. The third-order valence-corrected chi connectivity index (χ3v) is 3.02. The van der Waals surface area contributed by atoms with E-state index in [0.29, 0.717) is 30.7 Å². The number of carbonyl (C=O) groups excluding carboxylic acids is 1. The summed E-state index contributed by atoms with van der Waals surface area (Å²) in [4.78, 5) is 15.0. The molecule has 1 aliphatic rings. The predicted molar refractivity (Wildman–Crippen MR) is 62.1 cm³/mol. The minimum absolute atomic E-state index is 0.137. The molecule has 5 heteroatoms. The Morgan fingerprint density at radius 1 is 1.62 bits per heavy atom. The average molecular weight is 240 g/mol. The fourth-order valence-electron chi connectivity index (χ4n) is 1.71. The van der Waals surface area contributed by atoms with E-state index in [0.717, 1.165) is 12.0 Å². The van der Waals surface area contributed by atoms with E-state index in [-0.39, 0.29) is 5.91 Å². The fourth-order valence-corrected chi connectivity index (χ4v) is 1.90. The Labute approximate surface area is 99.4 Å². The van der Waals surface area contributed by atoms with Crippen molar-refractivity contribution in [3.8, 4) is 0 Å². The van der Waals surface area contributed by atoms with Crippen LogP contribution < -0.4 is 10.6 Å². The first kappa shape index (κ1) is 11.4. The molecule has 0 radical (unpaired) electrons. The summed E-state index contributed by atoms with van der Waals surface area (Å²) in [5.74, 6) is 0.137. The lowest BCUT2D eigenvalue weighted by atomic mass is 10.1. The van der Waals surface area contributed by atoms with E-state index in [1.165, 1.54) is 0 Å². The summed E-state index contributed by atoms with van der Waals surface area (Å²) in [5, 5.41) is 6.73. The van der Waals surface area contributed by atoms with Crippen molar-refractivity contribution in [2.45, 2.75) is 25.4 Å². The van der Waals surface area contributed by atoms with Crippen molar-refractivity contribution in [2.24, 2.45) is 0 Å². The predicted octanol–water partition coefficient (Wildman–Crippen LogP) is 1.10. The van der Waals surface area contributed by atoms with Crippen molar-refractivity contribution in [3.05, 3.63) is 29.0 Å². The van der Waals surface area contributed by atoms with Crippen LogP contribution in [-0.2, 0) is 11.3 Å². The van der Waals surface area contributed by atoms with Gasteiger partial charge in [-0.2, -0.15) is 0 Å². The van der Waals surface area contributed by atoms with Gasteiger partial charge in [0.2, 0.25) is 5.91 Å². The third-order valence-electron chi connectivity index (χ3n) is 2.68. The number of nitrogens with zero attached hydrogens (tertiary/aromatic N) is 1. The molecule has 4 nitrogen and oxygen atoms in total. The lowest BCUT2D eigenvalue weighted by Crippen LogP contribution is -2.45. The van der Waals surface area contributed by atoms with Crippen LogP contribution in [0.5, 0.6) is 0 Å². The second-order valence-corrected chi connectivity index (χ2v) is 4.23. The number of pyridine rings is 1. The number of amides is 1. The normalized spacial score (nSPS) is 20.6. The van der Waals surface area contributed by atoms with Crippen LogP contribution in [0.2, 0.25) is 5.15 Å². The molecule has 1 aromatic heterocycles. The molecule has 1 saturated heterocycles. The lowest BCUT2D eigenvalue weighted by molar-refractivity contribution is -0.122. The first-order valence-electron chi connectivity index (χ1n) is 5.35. The van der Waals surface area contributed by atoms with Gasteiger partial charge in [-0.15, -0.1) is 0 Å². The Balaban J connectivity index is 1.84. The Morgan fingerprint density at radius 3 is 3.19 bits per heavy atom. The first-order valence-corrected chi connectivity index (χ1v) is 5.73. The van der Waals surface area contributed by atoms with Crippen molar-refractivity contribution in [1.29, 1.82) is 0 Å². The minimum Gasteiger partial charge on any atom is -0.355 e. The molecule has 16 heavy (non-hydrogen) atoms. The van der Waals surface area contributed by atoms with E-state index in [4.69, 9.17) is 11.6 Å². The van der Waals surface area contributed by atoms with Gasteiger partial charge < -0.3 is 10.6 Å². The van der Waals surface area contributed by atoms with Gasteiger partial charge in [0.25, 0.3) is 0 Å². The van der Waals surface area contributed by atoms with Crippen LogP contribution >= 0.6 is 11.6 Å². The van der Waals surface area contributed by atoms with Crippen LogP contribution in [0.25, 0.3) is 0 Å². The minimum atomic E-state index is 0.137. The molecule has 2 rings (SSSR count). The molecule has 0 bridgehead atoms. The van der Waals surface area contributed by atoms with Crippen molar-refractivity contribution in [3.63, 3.8) is 0 Å². The molecule has 1 fully saturated rings. The van der Waals surface area contributed by atoms with Gasteiger partial charge in [0.1, 0.15) is 5.15 Å². The Kier molecular flexibility index (Phi) is 3.74. The molecule has 86 valence electrons. The molecule has 0 spiro atoms. The number of rotatable bonds is 3. The summed E-state index contributed by atoms with van der Waals surface area (Å²) in [7, 11) is 0. The standard InChI is InChI=1S/C11H14ClN3O/c12-11-8(2-1-5-13-11)6-14-9-3-4-10(16)15-7-9/h1-2,5,9,14H,3-4,6-7H2,(H,15,16). The number of piperidine rings is 1. The molecular weight excluding hydrogens is 226 g/mol. The van der Waals surface area contributed by atoms with E-state index in [1.807, 2.05) is 12.1 Å². The molecule has 1 unspecified atom stereocenters. The largest absolute Gasteiger partial charge is 0.355 e. The van der Waals surface area contributed by atoms with E-state index in [9.17, 15) is 4.79 Å². The van der Waals surface area contributed by atoms with Gasteiger partial charge >= 0.3 is 0 Å². The molecule has 0 saturated carbocycles. The molecular formula is C11H14ClN3O. The van der Waals surface area contributed by atoms with Crippen LogP contribution in [0.1, 0.15) is 18.4 Å². The fraction of sp³-hybridized carbons (Fsp3) is 0.455. The SMILES string of the molecule is O=C1CCC(NCc2cccnc2Cl)CN1. The molecule has 0 aromatic carbocycles. The number of hydrogen-bond donors (Lipinski definition) is 2. The second-order valence-electron chi connectivity index (χ2n) is 3.87. The number of hydrogen-bond acceptors (Lipinski definition) is 3. The highest BCUT2D eigenvalue weighted by Crippen LogP contribution is 2.12. The Bertz CT molecular complexity index is 373. The monoisotopic (exact) mass is 239 g/mol. The van der Waals surface area contributed by atoms with E-state index >= 15 is 0 Å². The van der Waals surface area contributed by atoms with Crippen LogP contribution in [0.3, 0.4) is 0 Å². The van der Waals surface area contributed by atoms with Crippen LogP contribution in [0, 0.1) is 0 Å². The van der Waals surface area contributed by atoms with Gasteiger partial charge in [-0.05, 0) is 12.5 Å². The highest BCUT2D eigenvalue weighted by molar-refractivity contribution is 6.30. The summed E-state index contributed by atoms with van der Waals surface area (Å²) in [6.45, 7) is 1.38. The summed E-state index contributed by atoms with van der Waals surface area (Å²) >= 11 is 5.94. The van der Waals surface area contributed by atoms with E-state index in [1.54, 1.807) is 6.20 Å². The number of aromatic nitrogens is 1. The number of halogens is 1. The zero-order valence-electron chi connectivity index (χ0n) is 8.87. The Hall–Kier alpha value is -1.13. The van der Waals surface area contributed by atoms with Crippen molar-refractivity contribution < 1.29 is 4.79 Å². The van der Waals surface area contributed by atoms with E-state index < -0.39 is 0 Å². The van der Waals surface area contributed by atoms with E-state index in [2.05, 4.69) is 15.6 Å². The maximum atomic E-state index is 11.0. The molecule has 1 aliphatic heterocycles. The van der Waals surface area contributed by atoms with Gasteiger partial charge in [0.15, 0.2) is 0 Å². The maximum Gasteiger partial charge on any atom is 0.220 e. The van der Waals surface area contributed by atoms with Crippen LogP contribution in [0.15, 0.2) is 18.3 Å². The topological polar surface area (TPSA) is 54.0 Å². The molecule has 0 aliphatic carbocycles. The first-order chi connectivity index (χ1) is 7.75. The van der Waals surface area contributed by atoms with Gasteiger partial charge in [-0.3, -0.25) is 4.79 Å². The maximum absolute atomic E-state index is 11.0. The molecule has 2 N–H and O–H groups in total. The smallest absolute Gasteiger partial charge is 0.220 e. The molecule has 1 amide bonds. The Morgan fingerprint density at radius 2 is 2.50 bits per heavy atom. The van der Waals surface area contributed by atoms with Crippen LogP contribution in [0.4, 0.5) is 0 Å². The molecule has 1 atom stereocenters. The second kappa shape index (κ2) is 5.27. The highest BCUT2D eigenvalue weighted by Gasteiger charge is 2.17.